The van der Waals surface area contributed by atoms with Gasteiger partial charge in [0.25, 0.3) is 0 Å². The molecule has 3 rings (SSSR count). The highest BCUT2D eigenvalue weighted by Gasteiger charge is 2.48. The van der Waals surface area contributed by atoms with E-state index < -0.39 is 111 Å². The van der Waals surface area contributed by atoms with Crippen LogP contribution >= 0.6 is 0 Å². The van der Waals surface area contributed by atoms with Gasteiger partial charge < -0.3 is 85.7 Å². The van der Waals surface area contributed by atoms with Gasteiger partial charge in [0.05, 0.1) is 13.2 Å². The van der Waals surface area contributed by atoms with Crippen molar-refractivity contribution in [2.75, 3.05) is 13.2 Å². The number of aliphatic hydroxyl groups is 14. The molecule has 0 bridgehead atoms. The normalized spacial score (nSPS) is 53.0. The monoisotopic (exact) mass is 522 g/mol. The molecule has 35 heavy (non-hydrogen) atoms. The summed E-state index contributed by atoms with van der Waals surface area (Å²) in [5.41, 5.74) is 0. The molecule has 1 aliphatic carbocycles. The molecule has 0 spiro atoms. The highest BCUT2D eigenvalue weighted by atomic mass is 16.7. The van der Waals surface area contributed by atoms with Gasteiger partial charge in [-0.2, -0.15) is 0 Å². The van der Waals surface area contributed by atoms with E-state index in [0.29, 0.717) is 0 Å². The molecule has 10 atom stereocenters. The summed E-state index contributed by atoms with van der Waals surface area (Å²) in [4.78, 5) is 0. The van der Waals surface area contributed by atoms with Gasteiger partial charge in [-0.1, -0.05) is 0 Å². The van der Waals surface area contributed by atoms with Crippen molar-refractivity contribution in [1.29, 1.82) is 0 Å². The molecule has 3 fully saturated rings. The molecule has 3 aliphatic rings. The van der Waals surface area contributed by atoms with Crippen LogP contribution in [0, 0.1) is 0 Å². The van der Waals surface area contributed by atoms with E-state index in [9.17, 15) is 35.7 Å². The zero-order valence-electron chi connectivity index (χ0n) is 18.1. The van der Waals surface area contributed by atoms with Crippen molar-refractivity contribution in [3.63, 3.8) is 0 Å². The quantitative estimate of drug-likeness (QED) is 0.163. The van der Waals surface area contributed by atoms with E-state index in [-0.39, 0.29) is 0 Å². The van der Waals surface area contributed by atoms with Crippen molar-refractivity contribution >= 4 is 0 Å². The minimum atomic E-state index is -1.74. The van der Waals surface area contributed by atoms with Gasteiger partial charge in [0, 0.05) is 0 Å². The van der Waals surface area contributed by atoms with E-state index in [1.54, 1.807) is 0 Å². The first-order valence-corrected chi connectivity index (χ1v) is 10.6. The third-order valence-corrected chi connectivity index (χ3v) is 6.06. The largest absolute Gasteiger partial charge is 0.394 e. The minimum absolute atomic E-state index is 0.468. The summed E-state index contributed by atoms with van der Waals surface area (Å²) in [5.74, 6) is 0. The van der Waals surface area contributed by atoms with Crippen LogP contribution in [0.4, 0.5) is 0 Å². The average molecular weight is 522 g/mol. The van der Waals surface area contributed by atoms with Crippen molar-refractivity contribution in [2.24, 2.45) is 0 Å². The topological polar surface area (TPSA) is 311 Å². The number of rotatable bonds is 4. The van der Waals surface area contributed by atoms with E-state index in [4.69, 9.17) is 50.0 Å². The Morgan fingerprint density at radius 3 is 1.23 bits per heavy atom. The Kier molecular flexibility index (Phi) is 11.1. The van der Waals surface area contributed by atoms with Crippen LogP contribution in [0.15, 0.2) is 0 Å². The molecule has 0 aromatic carbocycles. The Morgan fingerprint density at radius 1 is 0.429 bits per heavy atom. The van der Waals surface area contributed by atoms with Crippen LogP contribution in [0.25, 0.3) is 0 Å². The van der Waals surface area contributed by atoms with E-state index in [2.05, 4.69) is 0 Å². The summed E-state index contributed by atoms with van der Waals surface area (Å²) in [6.07, 6.45) is -25.1. The summed E-state index contributed by atoms with van der Waals surface area (Å²) in [7, 11) is 0. The van der Waals surface area contributed by atoms with E-state index in [1.807, 2.05) is 0 Å². The Labute approximate surface area is 197 Å². The Morgan fingerprint density at radius 2 is 0.800 bits per heavy atom. The highest BCUT2D eigenvalue weighted by Crippen LogP contribution is 2.25. The summed E-state index contributed by atoms with van der Waals surface area (Å²) in [6.45, 7) is -1.10. The van der Waals surface area contributed by atoms with Gasteiger partial charge in [-0.15, -0.1) is 0 Å². The molecule has 2 aliphatic heterocycles. The lowest BCUT2D eigenvalue weighted by molar-refractivity contribution is -0.325. The predicted octanol–water partition coefficient (Wildman–Crippen LogP) is -9.23. The minimum Gasteiger partial charge on any atom is -0.394 e. The Bertz CT molecular complexity index is 582. The molecular weight excluding hydrogens is 488 g/mol. The lowest BCUT2D eigenvalue weighted by Gasteiger charge is -2.41. The summed E-state index contributed by atoms with van der Waals surface area (Å²) < 4.78 is 15.1. The van der Waals surface area contributed by atoms with Gasteiger partial charge in [-0.3, -0.25) is 0 Å². The molecule has 208 valence electrons. The summed E-state index contributed by atoms with van der Waals surface area (Å²) in [6, 6.07) is 0. The first-order chi connectivity index (χ1) is 16.2. The zero-order valence-corrected chi connectivity index (χ0v) is 18.1. The zero-order chi connectivity index (χ0) is 26.8. The van der Waals surface area contributed by atoms with Crippen molar-refractivity contribution in [1.82, 2.24) is 0 Å². The fraction of sp³-hybridized carbons (Fsp3) is 1.00. The maximum Gasteiger partial charge on any atom is 0.186 e. The molecule has 0 unspecified atom stereocenters. The van der Waals surface area contributed by atoms with Crippen LogP contribution in [-0.2, 0) is 14.2 Å². The second-order valence-electron chi connectivity index (χ2n) is 8.51. The van der Waals surface area contributed by atoms with E-state index in [0.717, 1.165) is 0 Å². The molecule has 14 N–H and O–H groups in total. The SMILES string of the molecule is OC1C(O)C(O)C(O)C(O)C1O.OC[C@H]1O[C@H](OC[C@H]2O[C@H](O)[C@H](O)[C@@H](O)[C@H]2O)[C@H](O)[C@@H](O)[C@H]1O. The Hall–Kier alpha value is -0.680. The van der Waals surface area contributed by atoms with E-state index in [1.165, 1.54) is 0 Å². The maximum atomic E-state index is 9.78. The van der Waals surface area contributed by atoms with Gasteiger partial charge in [0.15, 0.2) is 12.6 Å². The second kappa shape index (κ2) is 12.7. The fourth-order valence-electron chi connectivity index (χ4n) is 3.68. The lowest BCUT2D eigenvalue weighted by Crippen LogP contribution is -2.63. The predicted molar refractivity (Wildman–Crippen MR) is 105 cm³/mol. The average Bonchev–Trinajstić information content (AvgIpc) is 2.85. The standard InChI is InChI=1S/C12H22O11.C6H12O6/c13-1-3-5(14)8(17)10(19)12(23-3)21-2-4-6(15)7(16)9(18)11(20)22-4;7-1-2(8)4(10)6(12)5(11)3(1)9/h3-20H,1-2H2;1-12H/t3-,4-,5+,6+,7+,8+,9-,10-,11+,12+;/m1./s1. The number of hydrogen-bond donors (Lipinski definition) is 14. The van der Waals surface area contributed by atoms with Gasteiger partial charge in [0.1, 0.15) is 85.5 Å². The lowest BCUT2D eigenvalue weighted by atomic mass is 9.85. The van der Waals surface area contributed by atoms with Crippen LogP contribution in [0.1, 0.15) is 0 Å². The van der Waals surface area contributed by atoms with Crippen molar-refractivity contribution < 1.29 is 85.7 Å². The van der Waals surface area contributed by atoms with Crippen molar-refractivity contribution in [2.45, 2.75) is 98.0 Å². The highest BCUT2D eigenvalue weighted by molar-refractivity contribution is 4.98. The molecular formula is C18H34O17. The maximum absolute atomic E-state index is 9.78. The van der Waals surface area contributed by atoms with Gasteiger partial charge in [0.2, 0.25) is 0 Å². The molecule has 0 amide bonds. The molecule has 2 heterocycles. The van der Waals surface area contributed by atoms with Gasteiger partial charge in [-0.25, -0.2) is 0 Å². The molecule has 2 saturated heterocycles. The third kappa shape index (κ3) is 6.61. The molecule has 0 aromatic heterocycles. The second-order valence-corrected chi connectivity index (χ2v) is 8.51. The first kappa shape index (κ1) is 30.5. The smallest absolute Gasteiger partial charge is 0.186 e. The Balaban J connectivity index is 0.000000303. The van der Waals surface area contributed by atoms with Crippen LogP contribution in [0.5, 0.6) is 0 Å². The summed E-state index contributed by atoms with van der Waals surface area (Å²) in [5, 5.41) is 130. The van der Waals surface area contributed by atoms with Crippen LogP contribution < -0.4 is 0 Å². The fourth-order valence-corrected chi connectivity index (χ4v) is 3.68. The molecule has 1 saturated carbocycles. The van der Waals surface area contributed by atoms with Gasteiger partial charge in [-0.05, 0) is 0 Å². The third-order valence-electron chi connectivity index (χ3n) is 6.06. The van der Waals surface area contributed by atoms with E-state index >= 15 is 0 Å². The molecule has 17 heteroatoms. The first-order valence-electron chi connectivity index (χ1n) is 10.6. The molecule has 0 radical (unpaired) electrons. The van der Waals surface area contributed by atoms with Gasteiger partial charge >= 0.3 is 0 Å². The van der Waals surface area contributed by atoms with Crippen molar-refractivity contribution in [3.05, 3.63) is 0 Å². The molecule has 0 aromatic rings. The molecule has 17 nitrogen and oxygen atoms in total. The number of hydrogen-bond acceptors (Lipinski definition) is 17. The number of aliphatic hydroxyl groups excluding tert-OH is 14. The van der Waals surface area contributed by atoms with Crippen LogP contribution in [0.3, 0.4) is 0 Å². The number of ether oxygens (including phenoxy) is 3. The van der Waals surface area contributed by atoms with Crippen molar-refractivity contribution in [3.8, 4) is 0 Å². The van der Waals surface area contributed by atoms with Crippen LogP contribution in [0.2, 0.25) is 0 Å². The van der Waals surface area contributed by atoms with Crippen LogP contribution in [-0.4, -0.2) is 183 Å². The summed E-state index contributed by atoms with van der Waals surface area (Å²) >= 11 is 0.